The number of carbonyl (C=O) groups excluding carboxylic acids is 1. The zero-order valence-electron chi connectivity index (χ0n) is 14.9. The first kappa shape index (κ1) is 20.0. The fourth-order valence-electron chi connectivity index (χ4n) is 2.56. The molecule has 0 unspecified atom stereocenters. The van der Waals surface area contributed by atoms with Gasteiger partial charge >= 0.3 is 0 Å². The maximum atomic E-state index is 12.6. The van der Waals surface area contributed by atoms with Gasteiger partial charge in [0.2, 0.25) is 0 Å². The van der Waals surface area contributed by atoms with E-state index in [1.165, 1.54) is 0 Å². The lowest BCUT2D eigenvalue weighted by Crippen LogP contribution is -2.38. The molecule has 0 bridgehead atoms. The molecule has 0 radical (unpaired) electrons. The molecular weight excluding hydrogens is 312 g/mol. The highest BCUT2D eigenvalue weighted by Crippen LogP contribution is 2.28. The van der Waals surface area contributed by atoms with Gasteiger partial charge in [0, 0.05) is 32.2 Å². The van der Waals surface area contributed by atoms with Crippen molar-refractivity contribution in [2.75, 3.05) is 33.2 Å². The van der Waals surface area contributed by atoms with Gasteiger partial charge in [-0.1, -0.05) is 32.4 Å². The van der Waals surface area contributed by atoms with E-state index in [1.54, 1.807) is 0 Å². The second-order valence-electron chi connectivity index (χ2n) is 5.88. The van der Waals surface area contributed by atoms with E-state index in [-0.39, 0.29) is 11.6 Å². The van der Waals surface area contributed by atoms with Gasteiger partial charge in [0.25, 0.3) is 5.91 Å². The van der Waals surface area contributed by atoms with Crippen LogP contribution >= 0.6 is 11.6 Å². The Labute approximate surface area is 145 Å². The molecule has 23 heavy (non-hydrogen) atoms. The van der Waals surface area contributed by atoms with Gasteiger partial charge < -0.3 is 15.5 Å². The topological polar surface area (TPSA) is 61.9 Å². The number of hydrogen-bond acceptors (Lipinski definition) is 4. The SMILES string of the molecule is CC.CCCN(C(=O)/C(N)=C(\Cl)C1=NCCCN(C)C1)C1CC1. The summed E-state index contributed by atoms with van der Waals surface area (Å²) >= 11 is 6.36. The Morgan fingerprint density at radius 3 is 2.65 bits per heavy atom. The molecule has 132 valence electrons. The van der Waals surface area contributed by atoms with Gasteiger partial charge in [0.05, 0.1) is 10.7 Å². The number of nitrogens with two attached hydrogens (primary N) is 1. The summed E-state index contributed by atoms with van der Waals surface area (Å²) < 4.78 is 0. The normalized spacial score (nSPS) is 19.8. The van der Waals surface area contributed by atoms with E-state index in [4.69, 9.17) is 17.3 Å². The molecule has 6 heteroatoms. The van der Waals surface area contributed by atoms with E-state index in [1.807, 2.05) is 25.8 Å². The molecule has 2 aliphatic rings. The molecule has 5 nitrogen and oxygen atoms in total. The minimum Gasteiger partial charge on any atom is -0.393 e. The zero-order chi connectivity index (χ0) is 17.4. The van der Waals surface area contributed by atoms with Crippen LogP contribution in [0, 0.1) is 0 Å². The van der Waals surface area contributed by atoms with E-state index >= 15 is 0 Å². The summed E-state index contributed by atoms with van der Waals surface area (Å²) in [5.41, 5.74) is 6.92. The lowest BCUT2D eigenvalue weighted by atomic mass is 10.2. The molecule has 0 saturated heterocycles. The standard InChI is InChI=1S/C15H25ClN4O.C2H6/c1-3-8-20(11-5-6-11)15(21)14(17)13(16)12-10-19(2)9-4-7-18-12;1-2/h11H,3-10,17H2,1-2H3;1-2H3/b14-13+;. The van der Waals surface area contributed by atoms with Crippen molar-refractivity contribution in [3.63, 3.8) is 0 Å². The van der Waals surface area contributed by atoms with Gasteiger partial charge in [0.15, 0.2) is 0 Å². The van der Waals surface area contributed by atoms with Gasteiger partial charge in [-0.15, -0.1) is 0 Å². The van der Waals surface area contributed by atoms with Crippen LogP contribution in [0.15, 0.2) is 15.7 Å². The van der Waals surface area contributed by atoms with Gasteiger partial charge in [-0.3, -0.25) is 9.79 Å². The molecule has 0 aromatic heterocycles. The molecule has 0 spiro atoms. The van der Waals surface area contributed by atoms with Crippen molar-refractivity contribution >= 4 is 23.2 Å². The van der Waals surface area contributed by atoms with Crippen LogP contribution in [0.3, 0.4) is 0 Å². The third-order valence-electron chi connectivity index (χ3n) is 3.85. The Bertz CT molecular complexity index is 458. The summed E-state index contributed by atoms with van der Waals surface area (Å²) in [6.07, 6.45) is 4.07. The average Bonchev–Trinajstić information content (AvgIpc) is 3.40. The molecule has 1 heterocycles. The van der Waals surface area contributed by atoms with Gasteiger partial charge in [0.1, 0.15) is 5.70 Å². The largest absolute Gasteiger partial charge is 0.393 e. The summed E-state index contributed by atoms with van der Waals surface area (Å²) in [7, 11) is 2.02. The molecule has 2 N–H and O–H groups in total. The summed E-state index contributed by atoms with van der Waals surface area (Å²) in [5, 5.41) is 0.329. The highest BCUT2D eigenvalue weighted by Gasteiger charge is 2.33. The fraction of sp³-hybridized carbons (Fsp3) is 0.765. The first-order valence-electron chi connectivity index (χ1n) is 8.73. The summed E-state index contributed by atoms with van der Waals surface area (Å²) in [6.45, 7) is 9.16. The zero-order valence-corrected chi connectivity index (χ0v) is 15.7. The summed E-state index contributed by atoms with van der Waals surface area (Å²) in [6, 6.07) is 0.346. The Morgan fingerprint density at radius 1 is 1.43 bits per heavy atom. The number of hydrogen-bond donors (Lipinski definition) is 1. The Kier molecular flexibility index (Phi) is 8.63. The molecule has 1 aliphatic heterocycles. The van der Waals surface area contributed by atoms with Crippen molar-refractivity contribution in [1.82, 2.24) is 9.80 Å². The monoisotopic (exact) mass is 342 g/mol. The van der Waals surface area contributed by atoms with E-state index in [2.05, 4.69) is 16.8 Å². The van der Waals surface area contributed by atoms with Crippen LogP contribution in [0.25, 0.3) is 0 Å². The molecule has 0 aromatic carbocycles. The van der Waals surface area contributed by atoms with Crippen molar-refractivity contribution < 1.29 is 4.79 Å². The average molecular weight is 343 g/mol. The molecule has 1 aliphatic carbocycles. The Morgan fingerprint density at radius 2 is 2.09 bits per heavy atom. The Hall–Kier alpha value is -1.07. The van der Waals surface area contributed by atoms with Gasteiger partial charge in [-0.05, 0) is 32.7 Å². The van der Waals surface area contributed by atoms with Crippen molar-refractivity contribution in [2.45, 2.75) is 52.5 Å². The van der Waals surface area contributed by atoms with Crippen LogP contribution in [0.1, 0.15) is 46.5 Å². The second-order valence-corrected chi connectivity index (χ2v) is 6.26. The summed E-state index contributed by atoms with van der Waals surface area (Å²) in [4.78, 5) is 21.0. The molecule has 1 saturated carbocycles. The second kappa shape index (κ2) is 9.93. The third-order valence-corrected chi connectivity index (χ3v) is 4.28. The molecule has 2 rings (SSSR count). The minimum atomic E-state index is -0.140. The number of halogens is 1. The summed E-state index contributed by atoms with van der Waals surface area (Å²) in [5.74, 6) is -0.140. The lowest BCUT2D eigenvalue weighted by Gasteiger charge is -2.23. The first-order chi connectivity index (χ1) is 11.0. The van der Waals surface area contributed by atoms with E-state index < -0.39 is 0 Å². The first-order valence-corrected chi connectivity index (χ1v) is 9.10. The number of carbonyl (C=O) groups is 1. The maximum absolute atomic E-state index is 12.6. The minimum absolute atomic E-state index is 0.140. The van der Waals surface area contributed by atoms with Crippen molar-refractivity contribution in [3.8, 4) is 0 Å². The highest BCUT2D eigenvalue weighted by atomic mass is 35.5. The van der Waals surface area contributed by atoms with Crippen LogP contribution in [0.5, 0.6) is 0 Å². The van der Waals surface area contributed by atoms with Gasteiger partial charge in [-0.2, -0.15) is 0 Å². The Balaban J connectivity index is 0.00000127. The van der Waals surface area contributed by atoms with Crippen LogP contribution in [0.4, 0.5) is 0 Å². The number of amides is 1. The molecule has 0 aromatic rings. The van der Waals surface area contributed by atoms with Crippen molar-refractivity contribution in [2.24, 2.45) is 10.7 Å². The lowest BCUT2D eigenvalue weighted by molar-refractivity contribution is -0.127. The van der Waals surface area contributed by atoms with Crippen LogP contribution < -0.4 is 5.73 Å². The van der Waals surface area contributed by atoms with E-state index in [0.717, 1.165) is 51.0 Å². The predicted octanol–water partition coefficient (Wildman–Crippen LogP) is 2.60. The maximum Gasteiger partial charge on any atom is 0.271 e. The fourth-order valence-corrected chi connectivity index (χ4v) is 2.76. The number of nitrogens with zero attached hydrogens (tertiary/aromatic N) is 3. The third kappa shape index (κ3) is 5.81. The molecular formula is C17H31ClN4O. The predicted molar refractivity (Wildman–Crippen MR) is 97.9 cm³/mol. The van der Waals surface area contributed by atoms with Crippen LogP contribution in [0.2, 0.25) is 0 Å². The molecule has 0 atom stereocenters. The number of aliphatic imine (C=N–C) groups is 1. The molecule has 1 fully saturated rings. The van der Waals surface area contributed by atoms with E-state index in [0.29, 0.717) is 17.6 Å². The quantitative estimate of drug-likeness (QED) is 0.781. The van der Waals surface area contributed by atoms with Gasteiger partial charge in [-0.25, -0.2) is 0 Å². The van der Waals surface area contributed by atoms with Crippen molar-refractivity contribution in [1.29, 1.82) is 0 Å². The highest BCUT2D eigenvalue weighted by molar-refractivity contribution is 6.45. The van der Waals surface area contributed by atoms with E-state index in [9.17, 15) is 4.79 Å². The smallest absolute Gasteiger partial charge is 0.271 e. The van der Waals surface area contributed by atoms with Crippen LogP contribution in [-0.2, 0) is 4.79 Å². The van der Waals surface area contributed by atoms with Crippen LogP contribution in [-0.4, -0.2) is 60.7 Å². The van der Waals surface area contributed by atoms with Crippen molar-refractivity contribution in [3.05, 3.63) is 10.7 Å². The molecule has 1 amide bonds. The number of rotatable bonds is 5.